The van der Waals surface area contributed by atoms with Gasteiger partial charge in [0.25, 0.3) is 0 Å². The van der Waals surface area contributed by atoms with Crippen LogP contribution in [-0.2, 0) is 14.3 Å². The van der Waals surface area contributed by atoms with Gasteiger partial charge in [-0.25, -0.2) is 4.79 Å². The molecule has 1 aromatic rings. The highest BCUT2D eigenvalue weighted by Gasteiger charge is 2.25. The zero-order valence-corrected chi connectivity index (χ0v) is 11.9. The summed E-state index contributed by atoms with van der Waals surface area (Å²) in [6.07, 6.45) is 0. The first-order valence-corrected chi connectivity index (χ1v) is 6.65. The Morgan fingerprint density at radius 1 is 1.38 bits per heavy atom. The summed E-state index contributed by atoms with van der Waals surface area (Å²) in [4.78, 5) is 23.3. The van der Waals surface area contributed by atoms with E-state index in [4.69, 9.17) is 19.9 Å². The van der Waals surface area contributed by atoms with Gasteiger partial charge in [0.1, 0.15) is 0 Å². The van der Waals surface area contributed by atoms with Gasteiger partial charge in [-0.2, -0.15) is 0 Å². The Morgan fingerprint density at radius 3 is 2.81 bits per heavy atom. The molecule has 3 N–H and O–H groups in total. The Bertz CT molecular complexity index is 546. The first kappa shape index (κ1) is 15.1. The van der Waals surface area contributed by atoms with Crippen LogP contribution in [0.1, 0.15) is 25.5 Å². The Labute approximate surface area is 122 Å². The van der Waals surface area contributed by atoms with Crippen LogP contribution >= 0.6 is 0 Å². The Kier molecular flexibility index (Phi) is 4.64. The molecule has 1 amide bonds. The molecule has 114 valence electrons. The van der Waals surface area contributed by atoms with Gasteiger partial charge in [0.2, 0.25) is 12.7 Å². The zero-order chi connectivity index (χ0) is 15.4. The molecule has 0 radical (unpaired) electrons. The molecule has 21 heavy (non-hydrogen) atoms. The average Bonchev–Trinajstić information content (AvgIpc) is 2.93. The summed E-state index contributed by atoms with van der Waals surface area (Å²) >= 11 is 0. The number of nitrogens with two attached hydrogens (primary N) is 1. The van der Waals surface area contributed by atoms with Gasteiger partial charge in [0.15, 0.2) is 17.5 Å². The Hall–Kier alpha value is -2.28. The highest BCUT2D eigenvalue weighted by Crippen LogP contribution is 2.34. The van der Waals surface area contributed by atoms with Crippen molar-refractivity contribution in [3.05, 3.63) is 23.8 Å². The van der Waals surface area contributed by atoms with Gasteiger partial charge in [-0.1, -0.05) is 6.07 Å². The molecule has 7 heteroatoms. The van der Waals surface area contributed by atoms with E-state index in [1.54, 1.807) is 26.0 Å². The van der Waals surface area contributed by atoms with Crippen LogP contribution in [0, 0.1) is 0 Å². The summed E-state index contributed by atoms with van der Waals surface area (Å²) < 4.78 is 15.2. The van der Waals surface area contributed by atoms with Crippen molar-refractivity contribution in [2.75, 3.05) is 13.4 Å². The lowest BCUT2D eigenvalue weighted by Crippen LogP contribution is -2.47. The molecular formula is C14H18N2O5. The molecule has 1 aliphatic heterocycles. The molecule has 0 aliphatic carbocycles. The van der Waals surface area contributed by atoms with Crippen LogP contribution in [0.15, 0.2) is 18.2 Å². The molecule has 1 aliphatic rings. The Balaban J connectivity index is 1.99. The predicted octanol–water partition coefficient (Wildman–Crippen LogP) is 0.483. The summed E-state index contributed by atoms with van der Waals surface area (Å²) in [5.74, 6) is -0.0321. The molecule has 7 nitrogen and oxygen atoms in total. The molecule has 2 rings (SSSR count). The SMILES string of the molecule is CCOC(=O)C(N)C(=O)NC(C)c1ccc2c(c1)OCO2. The summed E-state index contributed by atoms with van der Waals surface area (Å²) in [5, 5.41) is 2.67. The minimum atomic E-state index is -1.33. The summed E-state index contributed by atoms with van der Waals surface area (Å²) in [6.45, 7) is 3.80. The van der Waals surface area contributed by atoms with Crippen molar-refractivity contribution >= 4 is 11.9 Å². The Morgan fingerprint density at radius 2 is 2.10 bits per heavy atom. The number of carbonyl (C=O) groups is 2. The largest absolute Gasteiger partial charge is 0.464 e. The van der Waals surface area contributed by atoms with E-state index in [1.807, 2.05) is 6.07 Å². The summed E-state index contributed by atoms with van der Waals surface area (Å²) in [7, 11) is 0. The second-order valence-electron chi connectivity index (χ2n) is 4.57. The fourth-order valence-corrected chi connectivity index (χ4v) is 1.91. The quantitative estimate of drug-likeness (QED) is 0.605. The van der Waals surface area contributed by atoms with E-state index in [0.29, 0.717) is 11.5 Å². The second-order valence-corrected chi connectivity index (χ2v) is 4.57. The minimum Gasteiger partial charge on any atom is -0.464 e. The van der Waals surface area contributed by atoms with Crippen molar-refractivity contribution < 1.29 is 23.8 Å². The van der Waals surface area contributed by atoms with Gasteiger partial charge in [0.05, 0.1) is 12.6 Å². The highest BCUT2D eigenvalue weighted by molar-refractivity contribution is 6.01. The monoisotopic (exact) mass is 294 g/mol. The molecule has 0 saturated carbocycles. The van der Waals surface area contributed by atoms with Gasteiger partial charge in [-0.05, 0) is 31.5 Å². The number of ether oxygens (including phenoxy) is 3. The highest BCUT2D eigenvalue weighted by atomic mass is 16.7. The first-order valence-electron chi connectivity index (χ1n) is 6.65. The lowest BCUT2D eigenvalue weighted by molar-refractivity contribution is -0.148. The van der Waals surface area contributed by atoms with Crippen LogP contribution < -0.4 is 20.5 Å². The summed E-state index contributed by atoms with van der Waals surface area (Å²) in [6, 6.07) is 3.71. The number of rotatable bonds is 5. The molecule has 0 bridgehead atoms. The lowest BCUT2D eigenvalue weighted by atomic mass is 10.1. The number of nitrogens with one attached hydrogen (secondary N) is 1. The van der Waals surface area contributed by atoms with Gasteiger partial charge < -0.3 is 25.3 Å². The van der Waals surface area contributed by atoms with Crippen molar-refractivity contribution in [1.29, 1.82) is 0 Å². The number of benzene rings is 1. The molecule has 0 spiro atoms. The maximum atomic E-state index is 11.9. The van der Waals surface area contributed by atoms with Crippen molar-refractivity contribution in [1.82, 2.24) is 5.32 Å². The third-order valence-electron chi connectivity index (χ3n) is 3.08. The first-order chi connectivity index (χ1) is 10.0. The molecule has 1 aromatic carbocycles. The fourth-order valence-electron chi connectivity index (χ4n) is 1.91. The van der Waals surface area contributed by atoms with Crippen LogP contribution in [0.4, 0.5) is 0 Å². The van der Waals surface area contributed by atoms with Crippen molar-refractivity contribution in [2.45, 2.75) is 25.9 Å². The number of hydrogen-bond acceptors (Lipinski definition) is 6. The molecule has 0 saturated heterocycles. The van der Waals surface area contributed by atoms with Crippen LogP contribution in [0.3, 0.4) is 0 Å². The number of hydrogen-bond donors (Lipinski definition) is 2. The molecular weight excluding hydrogens is 276 g/mol. The van der Waals surface area contributed by atoms with Crippen LogP contribution in [0.25, 0.3) is 0 Å². The lowest BCUT2D eigenvalue weighted by Gasteiger charge is -2.17. The predicted molar refractivity (Wildman–Crippen MR) is 73.7 cm³/mol. The van der Waals surface area contributed by atoms with Crippen molar-refractivity contribution in [3.8, 4) is 11.5 Å². The number of fused-ring (bicyclic) bond motifs is 1. The van der Waals surface area contributed by atoms with E-state index in [-0.39, 0.29) is 19.4 Å². The maximum absolute atomic E-state index is 11.9. The topological polar surface area (TPSA) is 99.9 Å². The van der Waals surface area contributed by atoms with E-state index in [0.717, 1.165) is 5.56 Å². The molecule has 2 unspecified atom stereocenters. The van der Waals surface area contributed by atoms with Crippen LogP contribution in [0.2, 0.25) is 0 Å². The van der Waals surface area contributed by atoms with Gasteiger partial charge in [-0.15, -0.1) is 0 Å². The van der Waals surface area contributed by atoms with E-state index < -0.39 is 17.9 Å². The van der Waals surface area contributed by atoms with E-state index in [9.17, 15) is 9.59 Å². The maximum Gasteiger partial charge on any atom is 0.332 e. The molecule has 2 atom stereocenters. The van der Waals surface area contributed by atoms with Gasteiger partial charge >= 0.3 is 5.97 Å². The van der Waals surface area contributed by atoms with Crippen molar-refractivity contribution in [2.24, 2.45) is 5.73 Å². The second kappa shape index (κ2) is 6.45. The smallest absolute Gasteiger partial charge is 0.332 e. The molecule has 0 aromatic heterocycles. The van der Waals surface area contributed by atoms with E-state index in [1.165, 1.54) is 0 Å². The normalized spacial score (nSPS) is 15.2. The van der Waals surface area contributed by atoms with Crippen molar-refractivity contribution in [3.63, 3.8) is 0 Å². The third kappa shape index (κ3) is 3.43. The number of amides is 1. The van der Waals surface area contributed by atoms with Gasteiger partial charge in [0, 0.05) is 0 Å². The molecule has 0 fully saturated rings. The van der Waals surface area contributed by atoms with E-state index in [2.05, 4.69) is 5.32 Å². The standard InChI is InChI=1S/C14H18N2O5/c1-3-19-14(18)12(15)13(17)16-8(2)9-4-5-10-11(6-9)21-7-20-10/h4-6,8,12H,3,7,15H2,1-2H3,(H,16,17). The summed E-state index contributed by atoms with van der Waals surface area (Å²) in [5.41, 5.74) is 6.35. The number of carbonyl (C=O) groups excluding carboxylic acids is 2. The molecule has 1 heterocycles. The average molecular weight is 294 g/mol. The van der Waals surface area contributed by atoms with E-state index >= 15 is 0 Å². The fraction of sp³-hybridized carbons (Fsp3) is 0.429. The van der Waals surface area contributed by atoms with Gasteiger partial charge in [-0.3, -0.25) is 4.79 Å². The van der Waals surface area contributed by atoms with Crippen LogP contribution in [0.5, 0.6) is 11.5 Å². The third-order valence-corrected chi connectivity index (χ3v) is 3.08. The van der Waals surface area contributed by atoms with Crippen LogP contribution in [-0.4, -0.2) is 31.3 Å². The minimum absolute atomic E-state index is 0.178. The number of esters is 1. The zero-order valence-electron chi connectivity index (χ0n) is 11.9.